The third-order valence-corrected chi connectivity index (χ3v) is 9.42. The van der Waals surface area contributed by atoms with Crippen LogP contribution in [0.2, 0.25) is 0 Å². The highest BCUT2D eigenvalue weighted by molar-refractivity contribution is 8.01. The van der Waals surface area contributed by atoms with Gasteiger partial charge in [-0.1, -0.05) is 71.8 Å². The lowest BCUT2D eigenvalue weighted by Crippen LogP contribution is -3.00. The van der Waals surface area contributed by atoms with Crippen LogP contribution in [0.25, 0.3) is 0 Å². The minimum absolute atomic E-state index is 0. The molecule has 0 fully saturated rings. The van der Waals surface area contributed by atoms with E-state index < -0.39 is 7.26 Å². The first-order valence-electron chi connectivity index (χ1n) is 9.36. The zero-order valence-corrected chi connectivity index (χ0v) is 18.7. The van der Waals surface area contributed by atoms with E-state index in [1.165, 1.54) is 32.3 Å². The van der Waals surface area contributed by atoms with Crippen molar-refractivity contribution in [2.75, 3.05) is 0 Å². The van der Waals surface area contributed by atoms with Gasteiger partial charge in [-0.2, -0.15) is 0 Å². The van der Waals surface area contributed by atoms with Crippen LogP contribution in [0.4, 0.5) is 0 Å². The van der Waals surface area contributed by atoms with Crippen LogP contribution in [0.1, 0.15) is 11.1 Å². The van der Waals surface area contributed by atoms with Gasteiger partial charge in [0.25, 0.3) is 0 Å². The number of benzene rings is 4. The molecule has 0 aliphatic rings. The lowest BCUT2D eigenvalue weighted by molar-refractivity contribution is -0.00000532. The highest BCUT2D eigenvalue weighted by atomic mass is 79.9. The van der Waals surface area contributed by atoms with E-state index in [4.69, 9.17) is 0 Å². The van der Waals surface area contributed by atoms with Crippen LogP contribution in [0.3, 0.4) is 0 Å². The molecular formula is C26H24BrP. The molecule has 140 valence electrons. The Bertz CT molecular complexity index is 920. The molecule has 0 heterocycles. The van der Waals surface area contributed by atoms with E-state index in [9.17, 15) is 0 Å². The monoisotopic (exact) mass is 446 g/mol. The van der Waals surface area contributed by atoms with E-state index in [2.05, 4.69) is 123 Å². The molecule has 0 radical (unpaired) electrons. The van der Waals surface area contributed by atoms with Gasteiger partial charge < -0.3 is 17.0 Å². The van der Waals surface area contributed by atoms with Gasteiger partial charge in [0, 0.05) is 0 Å². The summed E-state index contributed by atoms with van der Waals surface area (Å²) in [6.45, 7) is 4.31. The van der Waals surface area contributed by atoms with Crippen molar-refractivity contribution in [1.29, 1.82) is 0 Å². The van der Waals surface area contributed by atoms with Crippen molar-refractivity contribution < 1.29 is 17.0 Å². The van der Waals surface area contributed by atoms with Gasteiger partial charge in [-0.15, -0.1) is 0 Å². The van der Waals surface area contributed by atoms with Gasteiger partial charge in [0.15, 0.2) is 0 Å². The number of halogens is 1. The Kier molecular flexibility index (Phi) is 6.50. The predicted octanol–water partition coefficient (Wildman–Crippen LogP) is 1.93. The molecule has 4 aromatic rings. The molecule has 0 aliphatic heterocycles. The van der Waals surface area contributed by atoms with E-state index in [-0.39, 0.29) is 17.0 Å². The number of aryl methyl sites for hydroxylation is 2. The summed E-state index contributed by atoms with van der Waals surface area (Å²) in [5, 5.41) is 5.58. The zero-order valence-electron chi connectivity index (χ0n) is 16.2. The van der Waals surface area contributed by atoms with E-state index >= 15 is 0 Å². The smallest absolute Gasteiger partial charge is 0.144 e. The van der Waals surface area contributed by atoms with E-state index in [0.29, 0.717) is 0 Å². The molecule has 0 saturated carbocycles. The van der Waals surface area contributed by atoms with Crippen LogP contribution < -0.4 is 38.2 Å². The first kappa shape index (κ1) is 20.5. The average molecular weight is 447 g/mol. The van der Waals surface area contributed by atoms with Crippen molar-refractivity contribution in [2.24, 2.45) is 0 Å². The van der Waals surface area contributed by atoms with Gasteiger partial charge in [-0.05, 0) is 62.4 Å². The maximum atomic E-state index is 2.32. The second-order valence-corrected chi connectivity index (χ2v) is 10.4. The van der Waals surface area contributed by atoms with E-state index in [0.717, 1.165) is 0 Å². The van der Waals surface area contributed by atoms with Crippen molar-refractivity contribution in [3.8, 4) is 0 Å². The van der Waals surface area contributed by atoms with Gasteiger partial charge in [-0.3, -0.25) is 0 Å². The average Bonchev–Trinajstić information content (AvgIpc) is 2.73. The molecule has 0 atom stereocenters. The lowest BCUT2D eigenvalue weighted by atomic mass is 10.2. The van der Waals surface area contributed by atoms with Crippen molar-refractivity contribution in [3.63, 3.8) is 0 Å². The van der Waals surface area contributed by atoms with Gasteiger partial charge in [0.05, 0.1) is 0 Å². The molecule has 0 bridgehead atoms. The molecule has 2 heteroatoms. The molecule has 0 unspecified atom stereocenters. The molecule has 28 heavy (non-hydrogen) atoms. The SMILES string of the molecule is Cc1ccc([P+](c2ccccc2)(c2ccccc2)c2ccc(C)cc2)cc1.[Br-]. The van der Waals surface area contributed by atoms with Crippen molar-refractivity contribution >= 4 is 28.5 Å². The fourth-order valence-corrected chi connectivity index (χ4v) is 7.95. The summed E-state index contributed by atoms with van der Waals surface area (Å²) >= 11 is 0. The molecule has 0 aliphatic carbocycles. The van der Waals surface area contributed by atoms with Crippen LogP contribution in [0, 0.1) is 13.8 Å². The summed E-state index contributed by atoms with van der Waals surface area (Å²) in [7, 11) is -1.95. The minimum Gasteiger partial charge on any atom is -1.00 e. The zero-order chi connectivity index (χ0) is 18.7. The summed E-state index contributed by atoms with van der Waals surface area (Å²) in [6, 6.07) is 40.3. The topological polar surface area (TPSA) is 0 Å². The van der Waals surface area contributed by atoms with Crippen LogP contribution in [-0.4, -0.2) is 0 Å². The third-order valence-electron chi connectivity index (χ3n) is 5.13. The Balaban J connectivity index is 0.00000225. The normalized spacial score (nSPS) is 10.9. The molecule has 0 spiro atoms. The minimum atomic E-state index is -1.95. The molecule has 4 aromatic carbocycles. The molecule has 0 N–H and O–H groups in total. The Morgan fingerprint density at radius 1 is 0.393 bits per heavy atom. The summed E-state index contributed by atoms with van der Waals surface area (Å²) < 4.78 is 0. The number of hydrogen-bond donors (Lipinski definition) is 0. The maximum absolute atomic E-state index is 2.32. The predicted molar refractivity (Wildman–Crippen MR) is 121 cm³/mol. The highest BCUT2D eigenvalue weighted by Gasteiger charge is 2.47. The van der Waals surface area contributed by atoms with Gasteiger partial charge in [-0.25, -0.2) is 0 Å². The Labute approximate surface area is 179 Å². The van der Waals surface area contributed by atoms with Crippen LogP contribution in [0.5, 0.6) is 0 Å². The first-order chi connectivity index (χ1) is 13.2. The quantitative estimate of drug-likeness (QED) is 0.420. The summed E-state index contributed by atoms with van der Waals surface area (Å²) in [4.78, 5) is 0. The molecule has 4 rings (SSSR count). The van der Waals surface area contributed by atoms with Gasteiger partial charge >= 0.3 is 0 Å². The second-order valence-electron chi connectivity index (χ2n) is 7.01. The van der Waals surface area contributed by atoms with Crippen molar-refractivity contribution in [2.45, 2.75) is 13.8 Å². The summed E-state index contributed by atoms with van der Waals surface area (Å²) in [6.07, 6.45) is 0. The van der Waals surface area contributed by atoms with Gasteiger partial charge in [0.2, 0.25) is 0 Å². The molecule has 0 aromatic heterocycles. The highest BCUT2D eigenvalue weighted by Crippen LogP contribution is 2.54. The lowest BCUT2D eigenvalue weighted by Gasteiger charge is -2.27. The Morgan fingerprint density at radius 3 is 1.00 bits per heavy atom. The fourth-order valence-electron chi connectivity index (χ4n) is 3.73. The summed E-state index contributed by atoms with van der Waals surface area (Å²) in [5.74, 6) is 0. The Hall–Kier alpha value is -2.21. The molecular weight excluding hydrogens is 423 g/mol. The Morgan fingerprint density at radius 2 is 0.679 bits per heavy atom. The van der Waals surface area contributed by atoms with Crippen LogP contribution in [-0.2, 0) is 0 Å². The first-order valence-corrected chi connectivity index (χ1v) is 11.1. The summed E-state index contributed by atoms with van der Waals surface area (Å²) in [5.41, 5.74) is 2.59. The molecule has 0 amide bonds. The van der Waals surface area contributed by atoms with Crippen molar-refractivity contribution in [3.05, 3.63) is 120 Å². The number of hydrogen-bond acceptors (Lipinski definition) is 0. The largest absolute Gasteiger partial charge is 1.00 e. The maximum Gasteiger partial charge on any atom is 0.144 e. The standard InChI is InChI=1S/C26H24P.BrH/c1-21-13-17-25(18-14-21)27(23-9-5-3-6-10-23,24-11-7-4-8-12-24)26-19-15-22(2)16-20-26;/h3-20H,1-2H3;1H/q+1;/p-1. The van der Waals surface area contributed by atoms with Gasteiger partial charge in [0.1, 0.15) is 28.5 Å². The van der Waals surface area contributed by atoms with Crippen LogP contribution in [0.15, 0.2) is 109 Å². The van der Waals surface area contributed by atoms with E-state index in [1.807, 2.05) is 0 Å². The fraction of sp³-hybridized carbons (Fsp3) is 0.0769. The molecule has 0 nitrogen and oxygen atoms in total. The second kappa shape index (κ2) is 8.86. The number of rotatable bonds is 4. The van der Waals surface area contributed by atoms with E-state index in [1.54, 1.807) is 0 Å². The molecule has 0 saturated heterocycles. The third kappa shape index (κ3) is 3.70. The van der Waals surface area contributed by atoms with Crippen molar-refractivity contribution in [1.82, 2.24) is 0 Å². The van der Waals surface area contributed by atoms with Crippen LogP contribution >= 0.6 is 7.26 Å².